The Balaban J connectivity index is 2.01. The standard InChI is InChI=1S/C10H16N2O2/c1-8(13)7-11-6-5-10(14)12(11)9-3-2-4-9/h9H,2-7H2,1H3. The van der Waals surface area contributed by atoms with E-state index in [0.717, 1.165) is 19.4 Å². The van der Waals surface area contributed by atoms with Crippen LogP contribution in [0.5, 0.6) is 0 Å². The lowest BCUT2D eigenvalue weighted by Gasteiger charge is -2.39. The van der Waals surface area contributed by atoms with E-state index in [2.05, 4.69) is 0 Å². The van der Waals surface area contributed by atoms with Crippen LogP contribution in [0.15, 0.2) is 0 Å². The summed E-state index contributed by atoms with van der Waals surface area (Å²) >= 11 is 0. The Hall–Kier alpha value is -0.900. The van der Waals surface area contributed by atoms with E-state index in [0.29, 0.717) is 19.0 Å². The Morgan fingerprint density at radius 1 is 1.50 bits per heavy atom. The zero-order valence-corrected chi connectivity index (χ0v) is 8.53. The molecule has 1 heterocycles. The van der Waals surface area contributed by atoms with E-state index in [1.54, 1.807) is 6.92 Å². The van der Waals surface area contributed by atoms with Gasteiger partial charge in [-0.15, -0.1) is 0 Å². The minimum atomic E-state index is 0.129. The van der Waals surface area contributed by atoms with E-state index >= 15 is 0 Å². The lowest BCUT2D eigenvalue weighted by molar-refractivity contribution is -0.148. The van der Waals surface area contributed by atoms with Gasteiger partial charge in [-0.3, -0.25) is 14.6 Å². The van der Waals surface area contributed by atoms with Crippen LogP contribution in [-0.4, -0.2) is 40.8 Å². The van der Waals surface area contributed by atoms with Crippen LogP contribution in [0.4, 0.5) is 0 Å². The molecular weight excluding hydrogens is 180 g/mol. The number of carbonyl (C=O) groups excluding carboxylic acids is 2. The molecule has 1 amide bonds. The first-order valence-corrected chi connectivity index (χ1v) is 5.25. The Kier molecular flexibility index (Phi) is 2.54. The maximum Gasteiger partial charge on any atom is 0.238 e. The van der Waals surface area contributed by atoms with Crippen LogP contribution in [-0.2, 0) is 9.59 Å². The Labute approximate surface area is 83.8 Å². The lowest BCUT2D eigenvalue weighted by atomic mass is 9.92. The van der Waals surface area contributed by atoms with Crippen LogP contribution in [0.2, 0.25) is 0 Å². The van der Waals surface area contributed by atoms with Gasteiger partial charge < -0.3 is 0 Å². The first-order chi connectivity index (χ1) is 6.68. The Morgan fingerprint density at radius 3 is 2.71 bits per heavy atom. The molecule has 0 aromatic rings. The third kappa shape index (κ3) is 1.66. The number of nitrogens with zero attached hydrogens (tertiary/aromatic N) is 2. The average Bonchev–Trinajstić information content (AvgIpc) is 2.32. The van der Waals surface area contributed by atoms with Crippen molar-refractivity contribution in [2.24, 2.45) is 0 Å². The number of carbonyl (C=O) groups is 2. The largest absolute Gasteiger partial charge is 0.298 e. The first-order valence-electron chi connectivity index (χ1n) is 5.25. The van der Waals surface area contributed by atoms with Crippen LogP contribution in [0.1, 0.15) is 32.6 Å². The normalized spacial score (nSPS) is 24.1. The van der Waals surface area contributed by atoms with E-state index in [1.165, 1.54) is 6.42 Å². The van der Waals surface area contributed by atoms with Gasteiger partial charge in [0.1, 0.15) is 5.78 Å². The molecule has 0 bridgehead atoms. The van der Waals surface area contributed by atoms with Gasteiger partial charge in [0.25, 0.3) is 0 Å². The number of hydrogen-bond acceptors (Lipinski definition) is 3. The highest BCUT2D eigenvalue weighted by atomic mass is 16.2. The van der Waals surface area contributed by atoms with E-state index in [9.17, 15) is 9.59 Å². The minimum Gasteiger partial charge on any atom is -0.298 e. The summed E-state index contributed by atoms with van der Waals surface area (Å²) in [7, 11) is 0. The van der Waals surface area contributed by atoms with Crippen molar-refractivity contribution < 1.29 is 9.59 Å². The number of hydrazine groups is 1. The number of ketones is 1. The van der Waals surface area contributed by atoms with Crippen LogP contribution < -0.4 is 0 Å². The van der Waals surface area contributed by atoms with Crippen molar-refractivity contribution in [2.45, 2.75) is 38.6 Å². The topological polar surface area (TPSA) is 40.6 Å². The highest BCUT2D eigenvalue weighted by Gasteiger charge is 2.37. The molecule has 0 spiro atoms. The van der Waals surface area contributed by atoms with Crippen molar-refractivity contribution in [3.8, 4) is 0 Å². The van der Waals surface area contributed by atoms with Crippen molar-refractivity contribution in [2.75, 3.05) is 13.1 Å². The molecule has 1 saturated heterocycles. The van der Waals surface area contributed by atoms with Gasteiger partial charge in [-0.2, -0.15) is 0 Å². The molecule has 0 atom stereocenters. The predicted molar refractivity (Wildman–Crippen MR) is 51.4 cm³/mol. The second-order valence-corrected chi connectivity index (χ2v) is 4.16. The highest BCUT2D eigenvalue weighted by Crippen LogP contribution is 2.29. The van der Waals surface area contributed by atoms with E-state index in [4.69, 9.17) is 0 Å². The second kappa shape index (κ2) is 3.69. The van der Waals surface area contributed by atoms with Crippen molar-refractivity contribution in [3.63, 3.8) is 0 Å². The van der Waals surface area contributed by atoms with Gasteiger partial charge in [0.05, 0.1) is 6.54 Å². The molecule has 1 aliphatic heterocycles. The maximum absolute atomic E-state index is 11.6. The molecule has 2 aliphatic rings. The summed E-state index contributed by atoms with van der Waals surface area (Å²) in [4.78, 5) is 22.6. The van der Waals surface area contributed by atoms with E-state index in [1.807, 2.05) is 10.0 Å². The SMILES string of the molecule is CC(=O)CN1CCC(=O)N1C1CCC1. The number of amides is 1. The summed E-state index contributed by atoms with van der Waals surface area (Å²) in [5.74, 6) is 0.319. The molecule has 1 saturated carbocycles. The van der Waals surface area contributed by atoms with Crippen molar-refractivity contribution in [3.05, 3.63) is 0 Å². The zero-order chi connectivity index (χ0) is 10.1. The van der Waals surface area contributed by atoms with Crippen LogP contribution in [0.25, 0.3) is 0 Å². The fourth-order valence-electron chi connectivity index (χ4n) is 2.08. The molecule has 4 heteroatoms. The fourth-order valence-corrected chi connectivity index (χ4v) is 2.08. The van der Waals surface area contributed by atoms with Crippen molar-refractivity contribution in [1.82, 2.24) is 10.0 Å². The molecule has 0 aromatic heterocycles. The molecule has 0 aromatic carbocycles. The maximum atomic E-state index is 11.6. The van der Waals surface area contributed by atoms with Crippen LogP contribution in [0.3, 0.4) is 0 Å². The van der Waals surface area contributed by atoms with Gasteiger partial charge in [-0.1, -0.05) is 0 Å². The molecule has 2 fully saturated rings. The molecule has 14 heavy (non-hydrogen) atoms. The monoisotopic (exact) mass is 196 g/mol. The molecule has 0 unspecified atom stereocenters. The van der Waals surface area contributed by atoms with Gasteiger partial charge in [0.2, 0.25) is 5.91 Å². The minimum absolute atomic E-state index is 0.129. The molecule has 4 nitrogen and oxygen atoms in total. The summed E-state index contributed by atoms with van der Waals surface area (Å²) in [6, 6.07) is 0.379. The molecular formula is C10H16N2O2. The fraction of sp³-hybridized carbons (Fsp3) is 0.800. The lowest BCUT2D eigenvalue weighted by Crippen LogP contribution is -2.50. The number of hydrogen-bond donors (Lipinski definition) is 0. The molecule has 1 aliphatic carbocycles. The Morgan fingerprint density at radius 2 is 2.21 bits per heavy atom. The van der Waals surface area contributed by atoms with Crippen LogP contribution in [0, 0.1) is 0 Å². The third-order valence-electron chi connectivity index (χ3n) is 2.97. The smallest absolute Gasteiger partial charge is 0.238 e. The van der Waals surface area contributed by atoms with Crippen LogP contribution >= 0.6 is 0 Å². The van der Waals surface area contributed by atoms with Crippen molar-refractivity contribution in [1.29, 1.82) is 0 Å². The molecule has 0 N–H and O–H groups in total. The van der Waals surface area contributed by atoms with E-state index in [-0.39, 0.29) is 11.7 Å². The zero-order valence-electron chi connectivity index (χ0n) is 8.53. The predicted octanol–water partition coefficient (Wildman–Crippen LogP) is 0.577. The summed E-state index contributed by atoms with van der Waals surface area (Å²) in [6.45, 7) is 2.68. The summed E-state index contributed by atoms with van der Waals surface area (Å²) < 4.78 is 0. The second-order valence-electron chi connectivity index (χ2n) is 4.16. The first kappa shape index (κ1) is 9.65. The quantitative estimate of drug-likeness (QED) is 0.663. The molecule has 0 radical (unpaired) electrons. The number of Topliss-reactive ketones (excluding diaryl/α,β-unsaturated/α-hetero) is 1. The Bertz CT molecular complexity index is 261. The summed E-state index contributed by atoms with van der Waals surface area (Å²) in [6.07, 6.45) is 3.98. The van der Waals surface area contributed by atoms with Gasteiger partial charge in [0.15, 0.2) is 0 Å². The van der Waals surface area contributed by atoms with Gasteiger partial charge in [0, 0.05) is 19.0 Å². The third-order valence-corrected chi connectivity index (χ3v) is 2.97. The average molecular weight is 196 g/mol. The van der Waals surface area contributed by atoms with E-state index < -0.39 is 0 Å². The number of rotatable bonds is 3. The molecule has 2 rings (SSSR count). The summed E-state index contributed by atoms with van der Waals surface area (Å²) in [5, 5.41) is 3.74. The van der Waals surface area contributed by atoms with Crippen molar-refractivity contribution >= 4 is 11.7 Å². The molecule has 78 valence electrons. The van der Waals surface area contributed by atoms with Gasteiger partial charge in [-0.25, -0.2) is 5.01 Å². The van der Waals surface area contributed by atoms with Gasteiger partial charge in [-0.05, 0) is 26.2 Å². The highest BCUT2D eigenvalue weighted by molar-refractivity contribution is 5.81. The van der Waals surface area contributed by atoms with Gasteiger partial charge >= 0.3 is 0 Å². The summed E-state index contributed by atoms with van der Waals surface area (Å²) in [5.41, 5.74) is 0.